The van der Waals surface area contributed by atoms with Crippen molar-refractivity contribution in [1.82, 2.24) is 4.98 Å². The Balaban J connectivity index is 2.84. The summed E-state index contributed by atoms with van der Waals surface area (Å²) < 4.78 is 0.913. The van der Waals surface area contributed by atoms with E-state index in [0.29, 0.717) is 5.82 Å². The van der Waals surface area contributed by atoms with E-state index in [9.17, 15) is 0 Å². The molecule has 3 N–H and O–H groups in total. The summed E-state index contributed by atoms with van der Waals surface area (Å²) in [6.07, 6.45) is 0. The molecule has 15 heavy (non-hydrogen) atoms. The van der Waals surface area contributed by atoms with Crippen molar-refractivity contribution >= 4 is 44.3 Å². The molecule has 1 aromatic carbocycles. The van der Waals surface area contributed by atoms with E-state index in [4.69, 9.17) is 17.4 Å². The first-order valence-electron chi connectivity index (χ1n) is 4.35. The molecule has 0 spiro atoms. The highest BCUT2D eigenvalue weighted by Crippen LogP contribution is 2.32. The van der Waals surface area contributed by atoms with Crippen molar-refractivity contribution in [2.24, 2.45) is 5.84 Å². The second-order valence-electron chi connectivity index (χ2n) is 3.23. The molecule has 0 atom stereocenters. The Hall–Kier alpha value is -0.840. The van der Waals surface area contributed by atoms with Crippen molar-refractivity contribution in [2.45, 2.75) is 6.92 Å². The van der Waals surface area contributed by atoms with Crippen LogP contribution in [0.2, 0.25) is 5.02 Å². The number of halogens is 2. The van der Waals surface area contributed by atoms with Gasteiger partial charge in [-0.3, -0.25) is 0 Å². The molecule has 0 amide bonds. The summed E-state index contributed by atoms with van der Waals surface area (Å²) >= 11 is 9.64. The number of hydrogen-bond acceptors (Lipinski definition) is 3. The number of nitrogens with zero attached hydrogens (tertiary/aromatic N) is 1. The van der Waals surface area contributed by atoms with Crippen LogP contribution in [0.4, 0.5) is 5.82 Å². The van der Waals surface area contributed by atoms with Crippen molar-refractivity contribution in [3.8, 4) is 0 Å². The van der Waals surface area contributed by atoms with Crippen molar-refractivity contribution in [3.05, 3.63) is 33.3 Å². The average Bonchev–Trinajstić information content (AvgIpc) is 2.25. The largest absolute Gasteiger partial charge is 0.308 e. The number of aryl methyl sites for hydroxylation is 1. The second-order valence-corrected chi connectivity index (χ2v) is 4.46. The SMILES string of the molecule is Cc1cc(Br)c2nc(NN)ccc2c1Cl. The minimum Gasteiger partial charge on any atom is -0.308 e. The van der Waals surface area contributed by atoms with Gasteiger partial charge in [0.15, 0.2) is 0 Å². The number of anilines is 1. The molecule has 0 saturated carbocycles. The molecule has 0 aliphatic carbocycles. The maximum absolute atomic E-state index is 6.18. The minimum absolute atomic E-state index is 0.614. The summed E-state index contributed by atoms with van der Waals surface area (Å²) in [5.41, 5.74) is 4.33. The van der Waals surface area contributed by atoms with E-state index in [1.54, 1.807) is 6.07 Å². The van der Waals surface area contributed by atoms with Crippen LogP contribution in [0.15, 0.2) is 22.7 Å². The van der Waals surface area contributed by atoms with Gasteiger partial charge in [0, 0.05) is 9.86 Å². The number of rotatable bonds is 1. The number of benzene rings is 1. The summed E-state index contributed by atoms with van der Waals surface area (Å²) in [6, 6.07) is 5.63. The molecule has 0 bridgehead atoms. The van der Waals surface area contributed by atoms with E-state index in [1.807, 2.05) is 19.1 Å². The van der Waals surface area contributed by atoms with Crippen LogP contribution < -0.4 is 11.3 Å². The summed E-state index contributed by atoms with van der Waals surface area (Å²) in [5, 5.41) is 1.65. The van der Waals surface area contributed by atoms with Crippen LogP contribution in [-0.4, -0.2) is 4.98 Å². The Bertz CT molecular complexity index is 528. The van der Waals surface area contributed by atoms with Crippen LogP contribution in [0, 0.1) is 6.92 Å². The van der Waals surface area contributed by atoms with Gasteiger partial charge in [-0.1, -0.05) is 11.6 Å². The Labute approximate surface area is 101 Å². The number of nitrogens with one attached hydrogen (secondary N) is 1. The molecule has 2 rings (SSSR count). The highest BCUT2D eigenvalue weighted by Gasteiger charge is 2.08. The number of nitrogens with two attached hydrogens (primary N) is 1. The number of hydrazine groups is 1. The predicted molar refractivity (Wildman–Crippen MR) is 67.0 cm³/mol. The molecular formula is C10H9BrClN3. The Morgan fingerprint density at radius 2 is 2.20 bits per heavy atom. The molecule has 0 saturated heterocycles. The highest BCUT2D eigenvalue weighted by molar-refractivity contribution is 9.10. The summed E-state index contributed by atoms with van der Waals surface area (Å²) in [7, 11) is 0. The van der Waals surface area contributed by atoms with Gasteiger partial charge in [-0.15, -0.1) is 0 Å². The zero-order valence-corrected chi connectivity index (χ0v) is 10.4. The van der Waals surface area contributed by atoms with Gasteiger partial charge in [0.2, 0.25) is 0 Å². The predicted octanol–water partition coefficient (Wildman–Crippen LogP) is 3.24. The molecule has 1 heterocycles. The Morgan fingerprint density at radius 1 is 1.47 bits per heavy atom. The van der Waals surface area contributed by atoms with E-state index in [0.717, 1.165) is 26.0 Å². The quantitative estimate of drug-likeness (QED) is 0.625. The molecule has 0 fully saturated rings. The molecular weight excluding hydrogens is 277 g/mol. The standard InChI is InChI=1S/C10H9BrClN3/c1-5-4-7(11)10-6(9(5)12)2-3-8(14-10)15-13/h2-4H,13H2,1H3,(H,14,15). The normalized spacial score (nSPS) is 10.7. The van der Waals surface area contributed by atoms with Crippen molar-refractivity contribution in [2.75, 3.05) is 5.43 Å². The van der Waals surface area contributed by atoms with Gasteiger partial charge in [-0.2, -0.15) is 0 Å². The first-order valence-corrected chi connectivity index (χ1v) is 5.52. The summed E-state index contributed by atoms with van der Waals surface area (Å²) in [4.78, 5) is 4.33. The van der Waals surface area contributed by atoms with E-state index < -0.39 is 0 Å². The lowest BCUT2D eigenvalue weighted by Crippen LogP contribution is -2.08. The van der Waals surface area contributed by atoms with Gasteiger partial charge < -0.3 is 5.43 Å². The van der Waals surface area contributed by atoms with Crippen LogP contribution in [0.25, 0.3) is 10.9 Å². The fourth-order valence-electron chi connectivity index (χ4n) is 1.43. The number of nitrogen functional groups attached to an aromatic ring is 1. The van der Waals surface area contributed by atoms with Gasteiger partial charge >= 0.3 is 0 Å². The maximum atomic E-state index is 6.18. The molecule has 0 radical (unpaired) electrons. The van der Waals surface area contributed by atoms with Crippen LogP contribution in [0.3, 0.4) is 0 Å². The number of aromatic nitrogens is 1. The van der Waals surface area contributed by atoms with Gasteiger partial charge in [0.25, 0.3) is 0 Å². The zero-order chi connectivity index (χ0) is 11.0. The van der Waals surface area contributed by atoms with Crippen molar-refractivity contribution in [1.29, 1.82) is 0 Å². The van der Waals surface area contributed by atoms with E-state index >= 15 is 0 Å². The number of fused-ring (bicyclic) bond motifs is 1. The maximum Gasteiger partial charge on any atom is 0.140 e. The van der Waals surface area contributed by atoms with Crippen LogP contribution >= 0.6 is 27.5 Å². The van der Waals surface area contributed by atoms with Gasteiger partial charge in [-0.25, -0.2) is 10.8 Å². The van der Waals surface area contributed by atoms with Gasteiger partial charge in [0.05, 0.1) is 10.5 Å². The zero-order valence-electron chi connectivity index (χ0n) is 8.01. The fraction of sp³-hybridized carbons (Fsp3) is 0.100. The van der Waals surface area contributed by atoms with Gasteiger partial charge in [0.1, 0.15) is 5.82 Å². The second kappa shape index (κ2) is 3.96. The molecule has 1 aromatic heterocycles. The monoisotopic (exact) mass is 285 g/mol. The van der Waals surface area contributed by atoms with Crippen LogP contribution in [0.5, 0.6) is 0 Å². The molecule has 0 unspecified atom stereocenters. The lowest BCUT2D eigenvalue weighted by atomic mass is 10.1. The third-order valence-electron chi connectivity index (χ3n) is 2.20. The first-order chi connectivity index (χ1) is 7.13. The molecule has 78 valence electrons. The van der Waals surface area contributed by atoms with E-state index in [-0.39, 0.29) is 0 Å². The lowest BCUT2D eigenvalue weighted by Gasteiger charge is -2.07. The molecule has 5 heteroatoms. The van der Waals surface area contributed by atoms with Crippen molar-refractivity contribution in [3.63, 3.8) is 0 Å². The molecule has 2 aromatic rings. The number of hydrogen-bond donors (Lipinski definition) is 2. The molecule has 0 aliphatic heterocycles. The van der Waals surface area contributed by atoms with Crippen molar-refractivity contribution < 1.29 is 0 Å². The van der Waals surface area contributed by atoms with E-state index in [1.165, 1.54) is 0 Å². The first kappa shape index (κ1) is 10.7. The Morgan fingerprint density at radius 3 is 2.87 bits per heavy atom. The third kappa shape index (κ3) is 1.80. The molecule has 3 nitrogen and oxygen atoms in total. The summed E-state index contributed by atoms with van der Waals surface area (Å²) in [5.74, 6) is 5.91. The van der Waals surface area contributed by atoms with Crippen LogP contribution in [0.1, 0.15) is 5.56 Å². The lowest BCUT2D eigenvalue weighted by molar-refractivity contribution is 1.26. The summed E-state index contributed by atoms with van der Waals surface area (Å²) in [6.45, 7) is 1.96. The smallest absolute Gasteiger partial charge is 0.140 e. The number of pyridine rings is 1. The van der Waals surface area contributed by atoms with Crippen LogP contribution in [-0.2, 0) is 0 Å². The van der Waals surface area contributed by atoms with Gasteiger partial charge in [-0.05, 0) is 46.6 Å². The average molecular weight is 287 g/mol. The Kier molecular flexibility index (Phi) is 2.82. The molecule has 0 aliphatic rings. The minimum atomic E-state index is 0.614. The third-order valence-corrected chi connectivity index (χ3v) is 3.30. The fourth-order valence-corrected chi connectivity index (χ4v) is 2.29. The topological polar surface area (TPSA) is 50.9 Å². The van der Waals surface area contributed by atoms with E-state index in [2.05, 4.69) is 26.3 Å². The highest BCUT2D eigenvalue weighted by atomic mass is 79.9.